The minimum absolute atomic E-state index is 0.00201. The summed E-state index contributed by atoms with van der Waals surface area (Å²) in [6.07, 6.45) is 0.910. The fourth-order valence-electron chi connectivity index (χ4n) is 4.83. The summed E-state index contributed by atoms with van der Waals surface area (Å²) in [6, 6.07) is 32.2. The van der Waals surface area contributed by atoms with Crippen molar-refractivity contribution >= 4 is 28.5 Å². The van der Waals surface area contributed by atoms with E-state index in [9.17, 15) is 9.59 Å². The van der Waals surface area contributed by atoms with Gasteiger partial charge in [-0.1, -0.05) is 103 Å². The molecule has 4 aromatic carbocycles. The number of carbonyl (C=O) groups is 2. The van der Waals surface area contributed by atoms with Crippen molar-refractivity contribution in [3.63, 3.8) is 0 Å². The highest BCUT2D eigenvalue weighted by atomic mass is 16.2. The fourth-order valence-corrected chi connectivity index (χ4v) is 4.83. The van der Waals surface area contributed by atoms with Gasteiger partial charge in [0.05, 0.1) is 12.0 Å². The smallest absolute Gasteiger partial charge is 0.243 e. The van der Waals surface area contributed by atoms with Gasteiger partial charge >= 0.3 is 0 Å². The zero-order valence-corrected chi connectivity index (χ0v) is 22.1. The van der Waals surface area contributed by atoms with Gasteiger partial charge < -0.3 is 22.1 Å². The lowest BCUT2D eigenvalue weighted by Gasteiger charge is -2.25. The molecule has 0 bridgehead atoms. The lowest BCUT2D eigenvalue weighted by molar-refractivity contribution is -0.129. The van der Waals surface area contributed by atoms with Crippen molar-refractivity contribution in [3.8, 4) is 0 Å². The lowest BCUT2D eigenvalue weighted by atomic mass is 9.90. The average molecular weight is 522 g/mol. The molecule has 0 aliphatic rings. The first kappa shape index (κ1) is 27.4. The monoisotopic (exact) mass is 521 g/mol. The molecule has 6 N–H and O–H groups in total. The molecule has 0 aliphatic carbocycles. The van der Waals surface area contributed by atoms with Crippen molar-refractivity contribution in [2.75, 3.05) is 6.54 Å². The summed E-state index contributed by atoms with van der Waals surface area (Å²) >= 11 is 0. The number of fused-ring (bicyclic) bond motifs is 1. The molecule has 0 saturated carbocycles. The Morgan fingerprint density at radius 1 is 0.744 bits per heavy atom. The quantitative estimate of drug-likeness (QED) is 0.133. The molecule has 0 aliphatic heterocycles. The van der Waals surface area contributed by atoms with Gasteiger partial charge in [0, 0.05) is 6.54 Å². The first-order valence-corrected chi connectivity index (χ1v) is 13.2. The van der Waals surface area contributed by atoms with E-state index in [1.54, 1.807) is 0 Å². The van der Waals surface area contributed by atoms with E-state index in [2.05, 4.69) is 15.6 Å². The van der Waals surface area contributed by atoms with Gasteiger partial charge in [-0.3, -0.25) is 14.6 Å². The van der Waals surface area contributed by atoms with Crippen LogP contribution < -0.4 is 22.1 Å². The van der Waals surface area contributed by atoms with E-state index in [0.717, 1.165) is 27.5 Å². The minimum atomic E-state index is -0.765. The second kappa shape index (κ2) is 13.2. The Hall–Kier alpha value is -4.65. The second-order valence-electron chi connectivity index (χ2n) is 9.56. The maximum absolute atomic E-state index is 13.8. The first-order chi connectivity index (χ1) is 18.9. The van der Waals surface area contributed by atoms with Crippen LogP contribution in [-0.2, 0) is 9.59 Å². The van der Waals surface area contributed by atoms with Gasteiger partial charge in [-0.25, -0.2) is 0 Å². The third-order valence-corrected chi connectivity index (χ3v) is 6.75. The van der Waals surface area contributed by atoms with Crippen molar-refractivity contribution in [2.45, 2.75) is 37.8 Å². The Morgan fingerprint density at radius 3 is 1.97 bits per heavy atom. The average Bonchev–Trinajstić information content (AvgIpc) is 2.95. The standard InChI is InChI=1S/C32H35N5O2/c1-22(26-19-10-17-23-12-8-9-18-27(23)26)36-30(38)28(20-11-21-35-32(33)34)37-31(39)29(24-13-4-2-5-14-24)25-15-6-3-7-16-25/h2-10,12-19,22,28-29H,11,20-21H2,1H3,(H,36,38)(H,37,39)(H4,33,34,35)/t22-,28-/m1/s1. The predicted molar refractivity (Wildman–Crippen MR) is 157 cm³/mol. The number of benzene rings is 4. The van der Waals surface area contributed by atoms with Gasteiger partial charge in [0.15, 0.2) is 5.96 Å². The van der Waals surface area contributed by atoms with Crippen LogP contribution in [0.3, 0.4) is 0 Å². The van der Waals surface area contributed by atoms with Gasteiger partial charge in [0.1, 0.15) is 6.04 Å². The van der Waals surface area contributed by atoms with E-state index >= 15 is 0 Å². The zero-order chi connectivity index (χ0) is 27.6. The molecule has 39 heavy (non-hydrogen) atoms. The van der Waals surface area contributed by atoms with E-state index < -0.39 is 12.0 Å². The first-order valence-electron chi connectivity index (χ1n) is 13.2. The number of hydrogen-bond donors (Lipinski definition) is 4. The maximum atomic E-state index is 13.8. The molecule has 7 nitrogen and oxygen atoms in total. The molecule has 2 amide bonds. The highest BCUT2D eigenvalue weighted by Crippen LogP contribution is 2.26. The zero-order valence-electron chi connectivity index (χ0n) is 22.1. The summed E-state index contributed by atoms with van der Waals surface area (Å²) < 4.78 is 0. The number of hydrogen-bond acceptors (Lipinski definition) is 3. The maximum Gasteiger partial charge on any atom is 0.243 e. The molecule has 2 atom stereocenters. The second-order valence-corrected chi connectivity index (χ2v) is 9.56. The van der Waals surface area contributed by atoms with Crippen molar-refractivity contribution < 1.29 is 9.59 Å². The number of guanidine groups is 1. The molecule has 0 saturated heterocycles. The summed E-state index contributed by atoms with van der Waals surface area (Å²) in [7, 11) is 0. The highest BCUT2D eigenvalue weighted by molar-refractivity contribution is 5.93. The van der Waals surface area contributed by atoms with Crippen molar-refractivity contribution in [2.24, 2.45) is 16.5 Å². The molecule has 0 aromatic heterocycles. The Morgan fingerprint density at radius 2 is 1.33 bits per heavy atom. The normalized spacial score (nSPS) is 12.5. The summed E-state index contributed by atoms with van der Waals surface area (Å²) in [4.78, 5) is 31.4. The Labute approximate surface area is 229 Å². The van der Waals surface area contributed by atoms with Crippen molar-refractivity contribution in [1.82, 2.24) is 10.6 Å². The van der Waals surface area contributed by atoms with E-state index in [1.807, 2.05) is 110 Å². The third-order valence-electron chi connectivity index (χ3n) is 6.75. The van der Waals surface area contributed by atoms with Gasteiger partial charge in [0.2, 0.25) is 11.8 Å². The number of aliphatic imine (C=N–C) groups is 1. The molecule has 0 radical (unpaired) electrons. The van der Waals surface area contributed by atoms with Crippen LogP contribution in [0.15, 0.2) is 108 Å². The van der Waals surface area contributed by atoms with Gasteiger partial charge in [-0.05, 0) is 47.2 Å². The molecule has 4 aromatic rings. The van der Waals surface area contributed by atoms with Crippen molar-refractivity contribution in [1.29, 1.82) is 0 Å². The Bertz CT molecular complexity index is 1370. The molecule has 7 heteroatoms. The minimum Gasteiger partial charge on any atom is -0.370 e. The number of nitrogens with two attached hydrogens (primary N) is 2. The molecule has 200 valence electrons. The Kier molecular flexibility index (Phi) is 9.29. The number of rotatable bonds is 11. The van der Waals surface area contributed by atoms with Crippen LogP contribution in [0.25, 0.3) is 10.8 Å². The largest absolute Gasteiger partial charge is 0.370 e. The van der Waals surface area contributed by atoms with Crippen LogP contribution in [0.4, 0.5) is 0 Å². The number of carbonyl (C=O) groups excluding carboxylic acids is 2. The molecule has 4 rings (SSSR count). The molecular weight excluding hydrogens is 486 g/mol. The molecule has 0 heterocycles. The van der Waals surface area contributed by atoms with E-state index in [1.165, 1.54) is 0 Å². The van der Waals surface area contributed by atoms with Crippen LogP contribution in [0.5, 0.6) is 0 Å². The topological polar surface area (TPSA) is 123 Å². The molecular formula is C32H35N5O2. The van der Waals surface area contributed by atoms with Crippen LogP contribution in [0.2, 0.25) is 0 Å². The van der Waals surface area contributed by atoms with Crippen LogP contribution >= 0.6 is 0 Å². The SMILES string of the molecule is C[C@@H](NC(=O)[C@@H](CCCN=C(N)N)NC(=O)C(c1ccccc1)c1ccccc1)c1cccc2ccccc12. The Balaban J connectivity index is 1.57. The van der Waals surface area contributed by atoms with E-state index in [4.69, 9.17) is 11.5 Å². The van der Waals surface area contributed by atoms with Gasteiger partial charge in [-0.2, -0.15) is 0 Å². The number of nitrogens with zero attached hydrogens (tertiary/aromatic N) is 1. The molecule has 0 spiro atoms. The van der Waals surface area contributed by atoms with Crippen molar-refractivity contribution in [3.05, 3.63) is 120 Å². The summed E-state index contributed by atoms with van der Waals surface area (Å²) in [5, 5.41) is 8.34. The van der Waals surface area contributed by atoms with Crippen LogP contribution in [0.1, 0.15) is 48.4 Å². The van der Waals surface area contributed by atoms with E-state index in [-0.39, 0.29) is 23.8 Å². The third kappa shape index (κ3) is 7.23. The number of amides is 2. The van der Waals surface area contributed by atoms with Crippen LogP contribution in [-0.4, -0.2) is 30.4 Å². The lowest BCUT2D eigenvalue weighted by Crippen LogP contribution is -2.48. The summed E-state index contributed by atoms with van der Waals surface area (Å²) in [6.45, 7) is 2.32. The van der Waals surface area contributed by atoms with Gasteiger partial charge in [-0.15, -0.1) is 0 Å². The highest BCUT2D eigenvalue weighted by Gasteiger charge is 2.28. The summed E-state index contributed by atoms with van der Waals surface area (Å²) in [5.41, 5.74) is 13.7. The molecule has 0 unspecified atom stereocenters. The fraction of sp³-hybridized carbons (Fsp3) is 0.219. The van der Waals surface area contributed by atoms with Crippen LogP contribution in [0, 0.1) is 0 Å². The molecule has 0 fully saturated rings. The number of nitrogens with one attached hydrogen (secondary N) is 2. The van der Waals surface area contributed by atoms with E-state index in [0.29, 0.717) is 19.4 Å². The summed E-state index contributed by atoms with van der Waals surface area (Å²) in [5.74, 6) is -1.06. The van der Waals surface area contributed by atoms with Gasteiger partial charge in [0.25, 0.3) is 0 Å². The predicted octanol–water partition coefficient (Wildman–Crippen LogP) is 4.39.